The van der Waals surface area contributed by atoms with Gasteiger partial charge in [0.1, 0.15) is 5.82 Å². The highest BCUT2D eigenvalue weighted by Crippen LogP contribution is 2.17. The quantitative estimate of drug-likeness (QED) is 0.884. The van der Waals surface area contributed by atoms with Gasteiger partial charge in [0, 0.05) is 25.0 Å². The molecular formula is C12H13N3O2S. The number of hydrogen-bond donors (Lipinski definition) is 2. The number of nitrogens with one attached hydrogen (secondary N) is 2. The first-order valence-electron chi connectivity index (χ1n) is 5.33. The van der Waals surface area contributed by atoms with Gasteiger partial charge in [-0.05, 0) is 18.2 Å². The fourth-order valence-corrected chi connectivity index (χ4v) is 2.51. The molecule has 2 aromatic rings. The molecule has 94 valence electrons. The lowest BCUT2D eigenvalue weighted by molar-refractivity contribution is 0.601. The van der Waals surface area contributed by atoms with Crippen LogP contribution in [0, 0.1) is 0 Å². The van der Waals surface area contributed by atoms with Crippen LogP contribution >= 0.6 is 0 Å². The van der Waals surface area contributed by atoms with E-state index < -0.39 is 10.0 Å². The highest BCUT2D eigenvalue weighted by Gasteiger charge is 2.14. The molecule has 0 saturated heterocycles. The van der Waals surface area contributed by atoms with Crippen LogP contribution in [0.3, 0.4) is 0 Å². The number of pyridine rings is 1. The van der Waals surface area contributed by atoms with Crippen LogP contribution in [0.25, 0.3) is 0 Å². The second kappa shape index (κ2) is 5.05. The predicted molar refractivity (Wildman–Crippen MR) is 71.0 cm³/mol. The third-order valence-corrected chi connectivity index (χ3v) is 3.70. The standard InChI is InChI=1S/C12H13N3O2S/c1-13-12-9-11(7-8-14-12)18(16,17)15-10-5-3-2-4-6-10/h2-9,15H,1H3,(H,13,14). The second-order valence-electron chi connectivity index (χ2n) is 3.60. The van der Waals surface area contributed by atoms with Crippen molar-refractivity contribution in [2.24, 2.45) is 0 Å². The minimum absolute atomic E-state index is 0.172. The molecule has 1 heterocycles. The molecule has 0 spiro atoms. The Morgan fingerprint density at radius 1 is 1.11 bits per heavy atom. The number of hydrogen-bond acceptors (Lipinski definition) is 4. The topological polar surface area (TPSA) is 71.1 Å². The van der Waals surface area contributed by atoms with Crippen LogP contribution in [0.15, 0.2) is 53.6 Å². The van der Waals surface area contributed by atoms with Crippen molar-refractivity contribution in [3.8, 4) is 0 Å². The monoisotopic (exact) mass is 263 g/mol. The van der Waals surface area contributed by atoms with Gasteiger partial charge in [0.05, 0.1) is 4.90 Å². The largest absolute Gasteiger partial charge is 0.373 e. The zero-order chi connectivity index (χ0) is 13.0. The maximum absolute atomic E-state index is 12.1. The normalized spacial score (nSPS) is 10.9. The van der Waals surface area contributed by atoms with E-state index in [4.69, 9.17) is 0 Å². The molecule has 0 aliphatic rings. The Balaban J connectivity index is 2.31. The first-order chi connectivity index (χ1) is 8.62. The number of aromatic nitrogens is 1. The summed E-state index contributed by atoms with van der Waals surface area (Å²) in [5.41, 5.74) is 0.528. The van der Waals surface area contributed by atoms with Crippen LogP contribution < -0.4 is 10.0 Å². The second-order valence-corrected chi connectivity index (χ2v) is 5.28. The van der Waals surface area contributed by atoms with Crippen molar-refractivity contribution < 1.29 is 8.42 Å². The van der Waals surface area contributed by atoms with E-state index >= 15 is 0 Å². The summed E-state index contributed by atoms with van der Waals surface area (Å²) in [6.07, 6.45) is 1.45. The molecule has 0 aliphatic heterocycles. The molecule has 18 heavy (non-hydrogen) atoms. The molecule has 0 fully saturated rings. The Morgan fingerprint density at radius 2 is 1.83 bits per heavy atom. The van der Waals surface area contributed by atoms with Gasteiger partial charge >= 0.3 is 0 Å². The number of sulfonamides is 1. The van der Waals surface area contributed by atoms with Crippen molar-refractivity contribution in [2.75, 3.05) is 17.1 Å². The summed E-state index contributed by atoms with van der Waals surface area (Å²) in [6, 6.07) is 11.7. The minimum atomic E-state index is -3.58. The fraction of sp³-hybridized carbons (Fsp3) is 0.0833. The van der Waals surface area contributed by atoms with Crippen molar-refractivity contribution in [3.63, 3.8) is 0 Å². The SMILES string of the molecule is CNc1cc(S(=O)(=O)Nc2ccccc2)ccn1. The summed E-state index contributed by atoms with van der Waals surface area (Å²) in [7, 11) is -1.89. The molecule has 0 bridgehead atoms. The lowest BCUT2D eigenvalue weighted by Crippen LogP contribution is -2.13. The first-order valence-corrected chi connectivity index (χ1v) is 6.82. The summed E-state index contributed by atoms with van der Waals surface area (Å²) < 4.78 is 26.7. The Kier molecular flexibility index (Phi) is 3.47. The molecule has 1 aromatic carbocycles. The van der Waals surface area contributed by atoms with E-state index in [-0.39, 0.29) is 4.90 Å². The number of rotatable bonds is 4. The van der Waals surface area contributed by atoms with Crippen LogP contribution in [-0.4, -0.2) is 20.4 Å². The van der Waals surface area contributed by atoms with Crippen LogP contribution in [0.1, 0.15) is 0 Å². The van der Waals surface area contributed by atoms with E-state index in [9.17, 15) is 8.42 Å². The Labute approximate surface area is 106 Å². The average molecular weight is 263 g/mol. The number of benzene rings is 1. The molecule has 2 rings (SSSR count). The fourth-order valence-electron chi connectivity index (χ4n) is 1.44. The molecule has 0 unspecified atom stereocenters. The van der Waals surface area contributed by atoms with Gasteiger partial charge in [-0.2, -0.15) is 0 Å². The van der Waals surface area contributed by atoms with E-state index in [1.54, 1.807) is 31.3 Å². The van der Waals surface area contributed by atoms with E-state index in [0.717, 1.165) is 0 Å². The Morgan fingerprint density at radius 3 is 2.50 bits per heavy atom. The van der Waals surface area contributed by atoms with E-state index in [0.29, 0.717) is 11.5 Å². The van der Waals surface area contributed by atoms with Crippen LogP contribution in [-0.2, 0) is 10.0 Å². The smallest absolute Gasteiger partial charge is 0.262 e. The van der Waals surface area contributed by atoms with Crippen LogP contribution in [0.5, 0.6) is 0 Å². The third-order valence-electron chi connectivity index (χ3n) is 2.32. The summed E-state index contributed by atoms with van der Waals surface area (Å²) in [4.78, 5) is 4.15. The van der Waals surface area contributed by atoms with Gasteiger partial charge in [0.25, 0.3) is 10.0 Å². The molecule has 1 aromatic heterocycles. The Hall–Kier alpha value is -2.08. The maximum atomic E-state index is 12.1. The number of anilines is 2. The van der Waals surface area contributed by atoms with Gasteiger partial charge in [0.15, 0.2) is 0 Å². The minimum Gasteiger partial charge on any atom is -0.373 e. The molecule has 0 aliphatic carbocycles. The molecule has 0 atom stereocenters. The maximum Gasteiger partial charge on any atom is 0.262 e. The first kappa shape index (κ1) is 12.4. The lowest BCUT2D eigenvalue weighted by Gasteiger charge is -2.08. The van der Waals surface area contributed by atoms with E-state index in [2.05, 4.69) is 15.0 Å². The average Bonchev–Trinajstić information content (AvgIpc) is 2.39. The summed E-state index contributed by atoms with van der Waals surface area (Å²) in [6.45, 7) is 0. The highest BCUT2D eigenvalue weighted by molar-refractivity contribution is 7.92. The van der Waals surface area contributed by atoms with Crippen molar-refractivity contribution in [1.29, 1.82) is 0 Å². The Bertz CT molecular complexity index is 627. The van der Waals surface area contributed by atoms with Gasteiger partial charge < -0.3 is 5.32 Å². The lowest BCUT2D eigenvalue weighted by atomic mass is 10.3. The van der Waals surface area contributed by atoms with Crippen LogP contribution in [0.4, 0.5) is 11.5 Å². The van der Waals surface area contributed by atoms with Crippen LogP contribution in [0.2, 0.25) is 0 Å². The van der Waals surface area contributed by atoms with Gasteiger partial charge in [-0.1, -0.05) is 18.2 Å². The van der Waals surface area contributed by atoms with E-state index in [1.165, 1.54) is 18.3 Å². The molecule has 0 amide bonds. The van der Waals surface area contributed by atoms with Gasteiger partial charge in [0.2, 0.25) is 0 Å². The molecule has 0 radical (unpaired) electrons. The predicted octanol–water partition coefficient (Wildman–Crippen LogP) is 1.92. The van der Waals surface area contributed by atoms with Crippen molar-refractivity contribution in [1.82, 2.24) is 4.98 Å². The van der Waals surface area contributed by atoms with Crippen molar-refractivity contribution in [2.45, 2.75) is 4.90 Å². The molecule has 5 nitrogen and oxygen atoms in total. The van der Waals surface area contributed by atoms with Crippen molar-refractivity contribution in [3.05, 3.63) is 48.7 Å². The van der Waals surface area contributed by atoms with Gasteiger partial charge in [-0.25, -0.2) is 13.4 Å². The zero-order valence-electron chi connectivity index (χ0n) is 9.79. The highest BCUT2D eigenvalue weighted by atomic mass is 32.2. The zero-order valence-corrected chi connectivity index (χ0v) is 10.6. The summed E-state index contributed by atoms with van der Waals surface area (Å²) in [5, 5.41) is 2.80. The third kappa shape index (κ3) is 2.78. The molecule has 0 saturated carbocycles. The van der Waals surface area contributed by atoms with Crippen molar-refractivity contribution >= 4 is 21.5 Å². The van der Waals surface area contributed by atoms with E-state index in [1.807, 2.05) is 6.07 Å². The number of para-hydroxylation sites is 1. The summed E-state index contributed by atoms with van der Waals surface area (Å²) in [5.74, 6) is 0.505. The number of nitrogens with zero attached hydrogens (tertiary/aromatic N) is 1. The van der Waals surface area contributed by atoms with Gasteiger partial charge in [-0.3, -0.25) is 4.72 Å². The molecule has 6 heteroatoms. The molecule has 2 N–H and O–H groups in total. The van der Waals surface area contributed by atoms with Gasteiger partial charge in [-0.15, -0.1) is 0 Å². The summed E-state index contributed by atoms with van der Waals surface area (Å²) >= 11 is 0. The molecular weight excluding hydrogens is 250 g/mol.